The Morgan fingerprint density at radius 3 is 2.40 bits per heavy atom. The van der Waals surface area contributed by atoms with E-state index in [2.05, 4.69) is 4.72 Å². The molecule has 1 atom stereocenters. The van der Waals surface area contributed by atoms with Crippen molar-refractivity contribution >= 4 is 16.0 Å². The van der Waals surface area contributed by atoms with E-state index in [4.69, 9.17) is 5.11 Å². The molecule has 20 heavy (non-hydrogen) atoms. The highest BCUT2D eigenvalue weighted by Crippen LogP contribution is 2.09. The summed E-state index contributed by atoms with van der Waals surface area (Å²) in [5.41, 5.74) is 0.926. The van der Waals surface area contributed by atoms with Gasteiger partial charge in [-0.3, -0.25) is 0 Å². The summed E-state index contributed by atoms with van der Waals surface area (Å²) >= 11 is 0. The van der Waals surface area contributed by atoms with Gasteiger partial charge in [-0.1, -0.05) is 32.4 Å². The van der Waals surface area contributed by atoms with Gasteiger partial charge in [0.05, 0.1) is 11.3 Å². The summed E-state index contributed by atoms with van der Waals surface area (Å²) in [5, 5.41) is 8.77. The van der Waals surface area contributed by atoms with Crippen molar-refractivity contribution in [1.82, 2.24) is 4.72 Å². The number of carboxylic acids is 1. The molecule has 0 saturated heterocycles. The van der Waals surface area contributed by atoms with E-state index in [1.807, 2.05) is 13.8 Å². The molecule has 0 aliphatic rings. The summed E-state index contributed by atoms with van der Waals surface area (Å²) in [6, 6.07) is 6.15. The molecule has 0 heterocycles. The molecule has 5 nitrogen and oxygen atoms in total. The molecule has 0 fully saturated rings. The summed E-state index contributed by atoms with van der Waals surface area (Å²) in [6.45, 7) is 4.13. The zero-order chi connectivity index (χ0) is 15.2. The van der Waals surface area contributed by atoms with Crippen molar-refractivity contribution in [1.29, 1.82) is 0 Å². The van der Waals surface area contributed by atoms with Gasteiger partial charge in [-0.2, -0.15) is 0 Å². The molecule has 0 radical (unpaired) electrons. The van der Waals surface area contributed by atoms with Crippen LogP contribution in [0.15, 0.2) is 24.3 Å². The molecule has 0 amide bonds. The lowest BCUT2D eigenvalue weighted by Gasteiger charge is -2.12. The second kappa shape index (κ2) is 7.40. The highest BCUT2D eigenvalue weighted by atomic mass is 32.2. The van der Waals surface area contributed by atoms with Gasteiger partial charge in [-0.25, -0.2) is 17.9 Å². The number of benzene rings is 1. The second-order valence-electron chi connectivity index (χ2n) is 5.00. The van der Waals surface area contributed by atoms with Crippen LogP contribution < -0.4 is 4.72 Å². The third kappa shape index (κ3) is 5.71. The average Bonchev–Trinajstić information content (AvgIpc) is 2.36. The van der Waals surface area contributed by atoms with Gasteiger partial charge in [-0.15, -0.1) is 0 Å². The van der Waals surface area contributed by atoms with E-state index >= 15 is 0 Å². The Hall–Kier alpha value is -1.40. The molecule has 0 spiro atoms. The molecule has 1 rings (SSSR count). The molecule has 0 saturated carbocycles. The van der Waals surface area contributed by atoms with Crippen LogP contribution in [0, 0.1) is 5.92 Å². The quantitative estimate of drug-likeness (QED) is 0.771. The molecule has 6 heteroatoms. The lowest BCUT2D eigenvalue weighted by atomic mass is 10.1. The van der Waals surface area contributed by atoms with Crippen LogP contribution in [0.25, 0.3) is 0 Å². The molecule has 0 aliphatic heterocycles. The van der Waals surface area contributed by atoms with Gasteiger partial charge >= 0.3 is 5.97 Å². The van der Waals surface area contributed by atoms with Gasteiger partial charge in [-0.05, 0) is 30.0 Å². The molecule has 0 aliphatic carbocycles. The summed E-state index contributed by atoms with van der Waals surface area (Å²) in [7, 11) is -3.29. The average molecular weight is 299 g/mol. The van der Waals surface area contributed by atoms with Crippen LogP contribution in [-0.4, -0.2) is 25.2 Å². The third-order valence-electron chi connectivity index (χ3n) is 2.98. The molecule has 1 aromatic carbocycles. The fraction of sp³-hybridized carbons (Fsp3) is 0.500. The maximum atomic E-state index is 11.9. The number of carbonyl (C=O) groups is 1. The third-order valence-corrected chi connectivity index (χ3v) is 4.57. The normalized spacial score (nSPS) is 13.1. The monoisotopic (exact) mass is 299 g/mol. The van der Waals surface area contributed by atoms with E-state index in [1.54, 1.807) is 12.1 Å². The smallest absolute Gasteiger partial charge is 0.335 e. The second-order valence-corrected chi connectivity index (χ2v) is 6.85. The zero-order valence-corrected chi connectivity index (χ0v) is 12.6. The minimum atomic E-state index is -3.29. The van der Waals surface area contributed by atoms with E-state index in [0.29, 0.717) is 0 Å². The van der Waals surface area contributed by atoms with E-state index in [9.17, 15) is 13.2 Å². The van der Waals surface area contributed by atoms with Crippen LogP contribution in [0.4, 0.5) is 0 Å². The number of nitrogens with one attached hydrogen (secondary N) is 1. The first-order chi connectivity index (χ1) is 9.34. The van der Waals surface area contributed by atoms with Gasteiger partial charge in [0.2, 0.25) is 10.0 Å². The fourth-order valence-electron chi connectivity index (χ4n) is 1.97. The van der Waals surface area contributed by atoms with E-state index < -0.39 is 16.0 Å². The molecule has 1 aromatic rings. The molecule has 2 N–H and O–H groups in total. The first-order valence-electron chi connectivity index (χ1n) is 6.63. The summed E-state index contributed by atoms with van der Waals surface area (Å²) in [5.74, 6) is -0.744. The predicted molar refractivity (Wildman–Crippen MR) is 78.1 cm³/mol. The lowest BCUT2D eigenvalue weighted by molar-refractivity contribution is 0.0697. The Labute approximate surface area is 120 Å². The van der Waals surface area contributed by atoms with E-state index in [0.717, 1.165) is 18.4 Å². The van der Waals surface area contributed by atoms with Crippen LogP contribution in [-0.2, 0) is 16.6 Å². The highest BCUT2D eigenvalue weighted by Gasteiger charge is 2.14. The Kier molecular flexibility index (Phi) is 6.16. The van der Waals surface area contributed by atoms with Crippen LogP contribution in [0.1, 0.15) is 42.6 Å². The highest BCUT2D eigenvalue weighted by molar-refractivity contribution is 7.89. The van der Waals surface area contributed by atoms with Crippen molar-refractivity contribution in [3.8, 4) is 0 Å². The van der Waals surface area contributed by atoms with Gasteiger partial charge in [0.1, 0.15) is 0 Å². The Bertz CT molecular complexity index is 537. The molecule has 1 unspecified atom stereocenters. The lowest BCUT2D eigenvalue weighted by Crippen LogP contribution is -2.28. The van der Waals surface area contributed by atoms with Gasteiger partial charge in [0.25, 0.3) is 0 Å². The Morgan fingerprint density at radius 2 is 1.90 bits per heavy atom. The van der Waals surface area contributed by atoms with Crippen molar-refractivity contribution in [2.75, 3.05) is 5.75 Å². The van der Waals surface area contributed by atoms with Crippen molar-refractivity contribution < 1.29 is 18.3 Å². The fourth-order valence-corrected chi connectivity index (χ4v) is 3.39. The minimum Gasteiger partial charge on any atom is -0.478 e. The van der Waals surface area contributed by atoms with E-state index in [1.165, 1.54) is 12.1 Å². The topological polar surface area (TPSA) is 83.5 Å². The molecular formula is C14H21NO4S. The van der Waals surface area contributed by atoms with Crippen molar-refractivity contribution in [3.63, 3.8) is 0 Å². The number of rotatable bonds is 8. The van der Waals surface area contributed by atoms with Gasteiger partial charge in [0, 0.05) is 6.54 Å². The van der Waals surface area contributed by atoms with E-state index in [-0.39, 0.29) is 23.8 Å². The Balaban J connectivity index is 2.55. The first-order valence-corrected chi connectivity index (χ1v) is 8.29. The van der Waals surface area contributed by atoms with Crippen LogP contribution in [0.3, 0.4) is 0 Å². The van der Waals surface area contributed by atoms with Crippen molar-refractivity contribution in [2.45, 2.75) is 33.2 Å². The first kappa shape index (κ1) is 16.7. The predicted octanol–water partition coefficient (Wildman–Crippen LogP) is 2.24. The standard InChI is InChI=1S/C14H21NO4S/c1-3-4-11(2)10-20(18,19)15-9-12-5-7-13(8-6-12)14(16)17/h5-8,11,15H,3-4,9-10H2,1-2H3,(H,16,17). The SMILES string of the molecule is CCCC(C)CS(=O)(=O)NCc1ccc(C(=O)O)cc1. The Morgan fingerprint density at radius 1 is 1.30 bits per heavy atom. The zero-order valence-electron chi connectivity index (χ0n) is 11.8. The van der Waals surface area contributed by atoms with Crippen LogP contribution in [0.5, 0.6) is 0 Å². The summed E-state index contributed by atoms with van der Waals surface area (Å²) in [6.07, 6.45) is 1.85. The molecule has 0 bridgehead atoms. The summed E-state index contributed by atoms with van der Waals surface area (Å²) < 4.78 is 26.3. The van der Waals surface area contributed by atoms with Gasteiger partial charge in [0.15, 0.2) is 0 Å². The molecule has 112 valence electrons. The summed E-state index contributed by atoms with van der Waals surface area (Å²) in [4.78, 5) is 10.7. The maximum Gasteiger partial charge on any atom is 0.335 e. The number of sulfonamides is 1. The number of hydrogen-bond acceptors (Lipinski definition) is 3. The number of aromatic carboxylic acids is 1. The van der Waals surface area contributed by atoms with Crippen LogP contribution >= 0.6 is 0 Å². The largest absolute Gasteiger partial charge is 0.478 e. The molecule has 0 aromatic heterocycles. The maximum absolute atomic E-state index is 11.9. The van der Waals surface area contributed by atoms with Crippen LogP contribution in [0.2, 0.25) is 0 Å². The van der Waals surface area contributed by atoms with Gasteiger partial charge < -0.3 is 5.11 Å². The van der Waals surface area contributed by atoms with Crippen molar-refractivity contribution in [3.05, 3.63) is 35.4 Å². The number of carboxylic acid groups (broad SMARTS) is 1. The molecular weight excluding hydrogens is 278 g/mol. The van der Waals surface area contributed by atoms with Crippen molar-refractivity contribution in [2.24, 2.45) is 5.92 Å². The number of hydrogen-bond donors (Lipinski definition) is 2. The minimum absolute atomic E-state index is 0.119.